The maximum Gasteiger partial charge on any atom is 0.148 e. The average molecular weight is 275 g/mol. The van der Waals surface area contributed by atoms with Crippen LogP contribution in [0.2, 0.25) is 0 Å². The van der Waals surface area contributed by atoms with E-state index in [1.807, 2.05) is 0 Å². The highest BCUT2D eigenvalue weighted by Crippen LogP contribution is 2.27. The SMILES string of the molecule is CCNCCCc1nnc(-c2ccccc2CC)s1. The maximum absolute atomic E-state index is 4.34. The Morgan fingerprint density at radius 2 is 2.00 bits per heavy atom. The summed E-state index contributed by atoms with van der Waals surface area (Å²) in [6.45, 7) is 6.39. The van der Waals surface area contributed by atoms with E-state index in [2.05, 4.69) is 53.6 Å². The van der Waals surface area contributed by atoms with Crippen molar-refractivity contribution >= 4 is 11.3 Å². The number of nitrogens with one attached hydrogen (secondary N) is 1. The number of aryl methyl sites for hydroxylation is 2. The minimum absolute atomic E-state index is 1.01. The Labute approximate surface area is 119 Å². The number of rotatable bonds is 7. The van der Waals surface area contributed by atoms with Crippen molar-refractivity contribution in [3.63, 3.8) is 0 Å². The second kappa shape index (κ2) is 7.36. The van der Waals surface area contributed by atoms with Crippen LogP contribution in [0.25, 0.3) is 10.6 Å². The van der Waals surface area contributed by atoms with Crippen molar-refractivity contribution < 1.29 is 0 Å². The number of hydrogen-bond acceptors (Lipinski definition) is 4. The fourth-order valence-electron chi connectivity index (χ4n) is 2.04. The van der Waals surface area contributed by atoms with Gasteiger partial charge < -0.3 is 5.32 Å². The van der Waals surface area contributed by atoms with E-state index in [4.69, 9.17) is 0 Å². The molecule has 1 aromatic heterocycles. The van der Waals surface area contributed by atoms with Gasteiger partial charge in [0, 0.05) is 12.0 Å². The maximum atomic E-state index is 4.34. The molecular weight excluding hydrogens is 254 g/mol. The van der Waals surface area contributed by atoms with Gasteiger partial charge in [0.2, 0.25) is 0 Å². The third-order valence-electron chi connectivity index (χ3n) is 3.09. The molecule has 0 aliphatic carbocycles. The molecule has 3 nitrogen and oxygen atoms in total. The molecule has 0 aliphatic heterocycles. The average Bonchev–Trinajstić information content (AvgIpc) is 2.92. The summed E-state index contributed by atoms with van der Waals surface area (Å²) >= 11 is 1.72. The highest BCUT2D eigenvalue weighted by molar-refractivity contribution is 7.14. The molecule has 0 unspecified atom stereocenters. The highest BCUT2D eigenvalue weighted by atomic mass is 32.1. The summed E-state index contributed by atoms with van der Waals surface area (Å²) in [5.74, 6) is 0. The molecular formula is C15H21N3S. The number of aromatic nitrogens is 2. The molecule has 102 valence electrons. The molecule has 0 bridgehead atoms. The fraction of sp³-hybridized carbons (Fsp3) is 0.467. The normalized spacial score (nSPS) is 10.8. The lowest BCUT2D eigenvalue weighted by Gasteiger charge is -2.02. The van der Waals surface area contributed by atoms with Crippen molar-refractivity contribution in [2.45, 2.75) is 33.1 Å². The van der Waals surface area contributed by atoms with Crippen molar-refractivity contribution in [2.75, 3.05) is 13.1 Å². The second-order valence-electron chi connectivity index (χ2n) is 4.47. The first-order valence-electron chi connectivity index (χ1n) is 6.96. The molecule has 2 rings (SSSR count). The first kappa shape index (κ1) is 14.2. The van der Waals surface area contributed by atoms with Gasteiger partial charge in [-0.3, -0.25) is 0 Å². The van der Waals surface area contributed by atoms with E-state index >= 15 is 0 Å². The zero-order valence-electron chi connectivity index (χ0n) is 11.6. The molecule has 0 amide bonds. The van der Waals surface area contributed by atoms with Gasteiger partial charge in [-0.15, -0.1) is 10.2 Å². The summed E-state index contributed by atoms with van der Waals surface area (Å²) in [7, 11) is 0. The summed E-state index contributed by atoms with van der Waals surface area (Å²) in [4.78, 5) is 0. The van der Waals surface area contributed by atoms with Crippen molar-refractivity contribution in [3.05, 3.63) is 34.8 Å². The third-order valence-corrected chi connectivity index (χ3v) is 4.11. The van der Waals surface area contributed by atoms with Crippen molar-refractivity contribution in [1.29, 1.82) is 0 Å². The lowest BCUT2D eigenvalue weighted by Crippen LogP contribution is -2.14. The van der Waals surface area contributed by atoms with E-state index in [9.17, 15) is 0 Å². The smallest absolute Gasteiger partial charge is 0.148 e. The van der Waals surface area contributed by atoms with E-state index < -0.39 is 0 Å². The molecule has 0 spiro atoms. The van der Waals surface area contributed by atoms with Gasteiger partial charge in [-0.25, -0.2) is 0 Å². The van der Waals surface area contributed by atoms with Gasteiger partial charge in [0.25, 0.3) is 0 Å². The lowest BCUT2D eigenvalue weighted by molar-refractivity contribution is 0.669. The van der Waals surface area contributed by atoms with Gasteiger partial charge in [0.15, 0.2) is 0 Å². The molecule has 1 N–H and O–H groups in total. The van der Waals surface area contributed by atoms with Gasteiger partial charge in [0.05, 0.1) is 0 Å². The molecule has 2 aromatic rings. The largest absolute Gasteiger partial charge is 0.317 e. The molecule has 1 aromatic carbocycles. The van der Waals surface area contributed by atoms with Gasteiger partial charge in [-0.1, -0.05) is 49.4 Å². The Hall–Kier alpha value is -1.26. The third kappa shape index (κ3) is 3.85. The molecule has 0 saturated carbocycles. The van der Waals surface area contributed by atoms with E-state index in [-0.39, 0.29) is 0 Å². The minimum Gasteiger partial charge on any atom is -0.317 e. The van der Waals surface area contributed by atoms with Crippen LogP contribution >= 0.6 is 11.3 Å². The summed E-state index contributed by atoms with van der Waals surface area (Å²) < 4.78 is 0. The summed E-state index contributed by atoms with van der Waals surface area (Å²) in [5.41, 5.74) is 2.58. The Morgan fingerprint density at radius 3 is 2.79 bits per heavy atom. The Kier molecular flexibility index (Phi) is 5.48. The van der Waals surface area contributed by atoms with Crippen molar-refractivity contribution in [3.8, 4) is 10.6 Å². The number of benzene rings is 1. The topological polar surface area (TPSA) is 37.8 Å². The molecule has 0 saturated heterocycles. The van der Waals surface area contributed by atoms with Crippen LogP contribution in [0.1, 0.15) is 30.8 Å². The molecule has 0 aliphatic rings. The van der Waals surface area contributed by atoms with E-state index in [0.29, 0.717) is 0 Å². The highest BCUT2D eigenvalue weighted by Gasteiger charge is 2.09. The minimum atomic E-state index is 1.01. The predicted molar refractivity (Wildman–Crippen MR) is 81.6 cm³/mol. The number of nitrogens with zero attached hydrogens (tertiary/aromatic N) is 2. The van der Waals surface area contributed by atoms with Crippen LogP contribution in [0, 0.1) is 0 Å². The summed E-state index contributed by atoms with van der Waals surface area (Å²) in [5, 5.41) is 14.2. The van der Waals surface area contributed by atoms with Crippen molar-refractivity contribution in [2.24, 2.45) is 0 Å². The van der Waals surface area contributed by atoms with Gasteiger partial charge in [-0.05, 0) is 31.5 Å². The lowest BCUT2D eigenvalue weighted by atomic mass is 10.1. The first-order chi connectivity index (χ1) is 9.35. The fourth-order valence-corrected chi connectivity index (χ4v) is 2.98. The zero-order chi connectivity index (χ0) is 13.5. The molecule has 19 heavy (non-hydrogen) atoms. The van der Waals surface area contributed by atoms with Gasteiger partial charge in [0.1, 0.15) is 10.0 Å². The summed E-state index contributed by atoms with van der Waals surface area (Å²) in [6.07, 6.45) is 3.17. The molecule has 0 radical (unpaired) electrons. The Morgan fingerprint density at radius 1 is 1.16 bits per heavy atom. The van der Waals surface area contributed by atoms with Crippen LogP contribution in [0.4, 0.5) is 0 Å². The quantitative estimate of drug-likeness (QED) is 0.788. The van der Waals surface area contributed by atoms with Crippen LogP contribution in [-0.2, 0) is 12.8 Å². The zero-order valence-corrected chi connectivity index (χ0v) is 12.5. The Bertz CT molecular complexity index is 508. The van der Waals surface area contributed by atoms with Crippen LogP contribution < -0.4 is 5.32 Å². The van der Waals surface area contributed by atoms with Gasteiger partial charge >= 0.3 is 0 Å². The van der Waals surface area contributed by atoms with E-state index in [1.165, 1.54) is 11.1 Å². The van der Waals surface area contributed by atoms with Crippen LogP contribution in [-0.4, -0.2) is 23.3 Å². The molecule has 0 fully saturated rings. The van der Waals surface area contributed by atoms with Crippen LogP contribution in [0.5, 0.6) is 0 Å². The number of hydrogen-bond donors (Lipinski definition) is 1. The van der Waals surface area contributed by atoms with Crippen LogP contribution in [0.15, 0.2) is 24.3 Å². The monoisotopic (exact) mass is 275 g/mol. The van der Waals surface area contributed by atoms with Crippen LogP contribution in [0.3, 0.4) is 0 Å². The summed E-state index contributed by atoms with van der Waals surface area (Å²) in [6, 6.07) is 8.46. The van der Waals surface area contributed by atoms with Gasteiger partial charge in [-0.2, -0.15) is 0 Å². The Balaban J connectivity index is 2.04. The van der Waals surface area contributed by atoms with Crippen molar-refractivity contribution in [1.82, 2.24) is 15.5 Å². The molecule has 1 heterocycles. The second-order valence-corrected chi connectivity index (χ2v) is 5.53. The molecule has 4 heteroatoms. The van der Waals surface area contributed by atoms with E-state index in [0.717, 1.165) is 42.4 Å². The molecule has 0 atom stereocenters. The standard InChI is InChI=1S/C15H21N3S/c1-3-12-8-5-6-9-13(12)15-18-17-14(19-15)10-7-11-16-4-2/h5-6,8-9,16H,3-4,7,10-11H2,1-2H3. The first-order valence-corrected chi connectivity index (χ1v) is 7.78. The van der Waals surface area contributed by atoms with E-state index in [1.54, 1.807) is 11.3 Å². The predicted octanol–water partition coefficient (Wildman–Crippen LogP) is 3.31.